The van der Waals surface area contributed by atoms with Crippen molar-refractivity contribution in [2.45, 2.75) is 31.7 Å². The summed E-state index contributed by atoms with van der Waals surface area (Å²) < 4.78 is 44.6. The van der Waals surface area contributed by atoms with E-state index >= 15 is 0 Å². The lowest BCUT2D eigenvalue weighted by molar-refractivity contribution is -0.137. The quantitative estimate of drug-likeness (QED) is 0.567. The van der Waals surface area contributed by atoms with Crippen LogP contribution in [0, 0.1) is 5.92 Å². The maximum Gasteiger partial charge on any atom is 0.416 e. The third kappa shape index (κ3) is 5.97. The number of nitrogens with zero attached hydrogens (tertiary/aromatic N) is 1. The van der Waals surface area contributed by atoms with Crippen molar-refractivity contribution in [2.24, 2.45) is 10.9 Å². The summed E-state index contributed by atoms with van der Waals surface area (Å²) in [6, 6.07) is 15.5. The number of hydrogen-bond acceptors (Lipinski definition) is 2. The molecule has 2 unspecified atom stereocenters. The average molecular weight is 405 g/mol. The van der Waals surface area contributed by atoms with Crippen LogP contribution in [0.4, 0.5) is 13.2 Å². The number of hydrogen-bond donors (Lipinski definition) is 2. The highest BCUT2D eigenvalue weighted by Crippen LogP contribution is 2.33. The van der Waals surface area contributed by atoms with Crippen LogP contribution in [0.1, 0.15) is 35.6 Å². The molecule has 1 aliphatic rings. The summed E-state index contributed by atoms with van der Waals surface area (Å²) in [5.41, 5.74) is 1.06. The Labute approximate surface area is 169 Å². The van der Waals surface area contributed by atoms with Crippen molar-refractivity contribution in [1.82, 2.24) is 10.6 Å². The molecule has 1 aliphatic heterocycles. The van der Waals surface area contributed by atoms with Gasteiger partial charge in [-0.25, -0.2) is 0 Å². The fourth-order valence-corrected chi connectivity index (χ4v) is 3.56. The Balaban J connectivity index is 1.56. The summed E-state index contributed by atoms with van der Waals surface area (Å²) in [6.45, 7) is 1.67. The van der Waals surface area contributed by atoms with Crippen molar-refractivity contribution in [3.05, 3.63) is 71.3 Å². The van der Waals surface area contributed by atoms with Crippen LogP contribution in [0.3, 0.4) is 0 Å². The molecular weight excluding hydrogens is 379 g/mol. The van der Waals surface area contributed by atoms with Gasteiger partial charge in [-0.1, -0.05) is 42.5 Å². The first-order chi connectivity index (χ1) is 14.0. The van der Waals surface area contributed by atoms with Gasteiger partial charge in [0, 0.05) is 32.7 Å². The molecule has 29 heavy (non-hydrogen) atoms. The van der Waals surface area contributed by atoms with Gasteiger partial charge in [0.05, 0.1) is 11.7 Å². The molecule has 3 rings (SSSR count). The number of rotatable bonds is 5. The van der Waals surface area contributed by atoms with Crippen molar-refractivity contribution in [3.8, 4) is 0 Å². The normalized spacial score (nSPS) is 20.3. The molecule has 0 aromatic heterocycles. The predicted octanol–water partition coefficient (Wildman–Crippen LogP) is 4.54. The summed E-state index contributed by atoms with van der Waals surface area (Å²) in [5.74, 6) is 0.845. The lowest BCUT2D eigenvalue weighted by atomic mass is 9.89. The molecule has 1 heterocycles. The van der Waals surface area contributed by atoms with Crippen molar-refractivity contribution in [1.29, 1.82) is 0 Å². The summed E-state index contributed by atoms with van der Waals surface area (Å²) >= 11 is 0. The Morgan fingerprint density at radius 2 is 1.90 bits per heavy atom. The Hall–Kier alpha value is -2.54. The number of nitrogens with one attached hydrogen (secondary N) is 2. The number of guanidine groups is 1. The van der Waals surface area contributed by atoms with Crippen LogP contribution in [0.15, 0.2) is 59.6 Å². The molecule has 2 aromatic carbocycles. The minimum atomic E-state index is -4.34. The number of ether oxygens (including phenoxy) is 1. The van der Waals surface area contributed by atoms with E-state index in [2.05, 4.69) is 27.8 Å². The molecule has 0 spiro atoms. The van der Waals surface area contributed by atoms with E-state index in [9.17, 15) is 13.2 Å². The van der Waals surface area contributed by atoms with Gasteiger partial charge in [0.15, 0.2) is 5.96 Å². The summed E-state index contributed by atoms with van der Waals surface area (Å²) in [5, 5.41) is 6.38. The Morgan fingerprint density at radius 3 is 2.62 bits per heavy atom. The molecule has 0 saturated carbocycles. The van der Waals surface area contributed by atoms with Gasteiger partial charge in [-0.05, 0) is 36.1 Å². The topological polar surface area (TPSA) is 45.7 Å². The monoisotopic (exact) mass is 405 g/mol. The average Bonchev–Trinajstić information content (AvgIpc) is 2.74. The summed E-state index contributed by atoms with van der Waals surface area (Å²) in [4.78, 5) is 4.19. The van der Waals surface area contributed by atoms with Crippen molar-refractivity contribution < 1.29 is 17.9 Å². The second kappa shape index (κ2) is 9.78. The van der Waals surface area contributed by atoms with Gasteiger partial charge in [0.2, 0.25) is 0 Å². The predicted molar refractivity (Wildman–Crippen MR) is 108 cm³/mol. The first-order valence-corrected chi connectivity index (χ1v) is 9.74. The van der Waals surface area contributed by atoms with Crippen LogP contribution in [-0.2, 0) is 17.5 Å². The first-order valence-electron chi connectivity index (χ1n) is 9.74. The van der Waals surface area contributed by atoms with E-state index in [1.807, 2.05) is 18.2 Å². The zero-order chi connectivity index (χ0) is 20.7. The molecule has 1 fully saturated rings. The van der Waals surface area contributed by atoms with Crippen LogP contribution in [0.25, 0.3) is 0 Å². The molecule has 2 atom stereocenters. The van der Waals surface area contributed by atoms with Crippen molar-refractivity contribution >= 4 is 5.96 Å². The number of halogens is 3. The van der Waals surface area contributed by atoms with Gasteiger partial charge in [-0.15, -0.1) is 0 Å². The lowest BCUT2D eigenvalue weighted by Gasteiger charge is -2.32. The highest BCUT2D eigenvalue weighted by Gasteiger charge is 2.30. The third-order valence-electron chi connectivity index (χ3n) is 5.04. The SMILES string of the molecule is CN=C(NCc1cccc(C(F)(F)F)c1)NCC1CCCOC1c1ccccc1. The van der Waals surface area contributed by atoms with E-state index in [4.69, 9.17) is 4.74 Å². The molecule has 0 radical (unpaired) electrons. The van der Waals surface area contributed by atoms with E-state index in [1.165, 1.54) is 6.07 Å². The first kappa shape index (κ1) is 21.2. The second-order valence-electron chi connectivity index (χ2n) is 7.11. The summed E-state index contributed by atoms with van der Waals surface area (Å²) in [6.07, 6.45) is -2.27. The van der Waals surface area contributed by atoms with Crippen LogP contribution in [-0.4, -0.2) is 26.2 Å². The standard InChI is InChI=1S/C22H26F3N3O/c1-26-21(27-14-16-7-5-11-19(13-16)22(23,24)25)28-15-18-10-6-12-29-20(18)17-8-3-2-4-9-17/h2-5,7-9,11,13,18,20H,6,10,12,14-15H2,1H3,(H2,26,27,28). The smallest absolute Gasteiger partial charge is 0.373 e. The number of alkyl halides is 3. The molecule has 4 nitrogen and oxygen atoms in total. The number of benzene rings is 2. The van der Waals surface area contributed by atoms with Crippen LogP contribution < -0.4 is 10.6 Å². The van der Waals surface area contributed by atoms with E-state index in [1.54, 1.807) is 13.1 Å². The molecule has 7 heteroatoms. The minimum absolute atomic E-state index is 0.0269. The third-order valence-corrected chi connectivity index (χ3v) is 5.04. The highest BCUT2D eigenvalue weighted by atomic mass is 19.4. The lowest BCUT2D eigenvalue weighted by Crippen LogP contribution is -2.41. The van der Waals surface area contributed by atoms with Crippen molar-refractivity contribution in [3.63, 3.8) is 0 Å². The largest absolute Gasteiger partial charge is 0.416 e. The van der Waals surface area contributed by atoms with Gasteiger partial charge >= 0.3 is 6.18 Å². The molecule has 0 amide bonds. The Kier molecular flexibility index (Phi) is 7.14. The summed E-state index contributed by atoms with van der Waals surface area (Å²) in [7, 11) is 1.65. The molecule has 2 N–H and O–H groups in total. The van der Waals surface area contributed by atoms with Crippen LogP contribution >= 0.6 is 0 Å². The van der Waals surface area contributed by atoms with Gasteiger partial charge in [0.1, 0.15) is 0 Å². The van der Waals surface area contributed by atoms with Gasteiger partial charge in [-0.2, -0.15) is 13.2 Å². The van der Waals surface area contributed by atoms with Crippen molar-refractivity contribution in [2.75, 3.05) is 20.2 Å². The van der Waals surface area contributed by atoms with Crippen LogP contribution in [0.2, 0.25) is 0 Å². The molecule has 2 aromatic rings. The molecular formula is C22H26F3N3O. The molecule has 0 bridgehead atoms. The van der Waals surface area contributed by atoms with E-state index in [0.29, 0.717) is 24.0 Å². The van der Waals surface area contributed by atoms with E-state index in [-0.39, 0.29) is 12.6 Å². The fourth-order valence-electron chi connectivity index (χ4n) is 3.56. The van der Waals surface area contributed by atoms with Gasteiger partial charge in [0.25, 0.3) is 0 Å². The molecule has 1 saturated heterocycles. The molecule has 156 valence electrons. The van der Waals surface area contributed by atoms with Gasteiger partial charge in [-0.3, -0.25) is 4.99 Å². The van der Waals surface area contributed by atoms with E-state index in [0.717, 1.165) is 37.1 Å². The second-order valence-corrected chi connectivity index (χ2v) is 7.11. The minimum Gasteiger partial charge on any atom is -0.373 e. The zero-order valence-electron chi connectivity index (χ0n) is 16.4. The fraction of sp³-hybridized carbons (Fsp3) is 0.409. The van der Waals surface area contributed by atoms with Crippen LogP contribution in [0.5, 0.6) is 0 Å². The Morgan fingerprint density at radius 1 is 1.10 bits per heavy atom. The maximum atomic E-state index is 12.9. The number of aliphatic imine (C=N–C) groups is 1. The zero-order valence-corrected chi connectivity index (χ0v) is 16.4. The maximum absolute atomic E-state index is 12.9. The van der Waals surface area contributed by atoms with Gasteiger partial charge < -0.3 is 15.4 Å². The Bertz CT molecular complexity index is 808. The molecule has 0 aliphatic carbocycles. The van der Waals surface area contributed by atoms with E-state index < -0.39 is 11.7 Å². The highest BCUT2D eigenvalue weighted by molar-refractivity contribution is 5.79.